The maximum absolute atomic E-state index is 12.6. The Balaban J connectivity index is 2.09. The van der Waals surface area contributed by atoms with Crippen molar-refractivity contribution in [1.29, 1.82) is 0 Å². The molecule has 0 aromatic heterocycles. The van der Waals surface area contributed by atoms with Crippen molar-refractivity contribution in [2.24, 2.45) is 5.92 Å². The van der Waals surface area contributed by atoms with Gasteiger partial charge in [-0.25, -0.2) is 0 Å². The summed E-state index contributed by atoms with van der Waals surface area (Å²) >= 11 is 0. The fraction of sp³-hybridized carbons (Fsp3) is 0.500. The molecule has 4 heteroatoms. The van der Waals surface area contributed by atoms with Crippen molar-refractivity contribution in [3.05, 3.63) is 35.9 Å². The molecule has 0 radical (unpaired) electrons. The molecule has 20 heavy (non-hydrogen) atoms. The maximum Gasteiger partial charge on any atom is 0.308 e. The van der Waals surface area contributed by atoms with Crippen LogP contribution in [0.2, 0.25) is 0 Å². The number of hydrogen-bond donors (Lipinski definition) is 1. The number of benzene rings is 1. The van der Waals surface area contributed by atoms with E-state index >= 15 is 0 Å². The molecule has 0 aliphatic heterocycles. The average molecular weight is 275 g/mol. The van der Waals surface area contributed by atoms with Crippen LogP contribution < -0.4 is 0 Å². The summed E-state index contributed by atoms with van der Waals surface area (Å²) < 4.78 is 0. The predicted octanol–water partition coefficient (Wildman–Crippen LogP) is 2.50. The SMILES string of the molecule is CC(CN(C(=O)[C@@H](C)c1ccccc1)C1CC1)C(=O)O. The van der Waals surface area contributed by atoms with Crippen molar-refractivity contribution >= 4 is 11.9 Å². The molecule has 1 fully saturated rings. The Morgan fingerprint density at radius 2 is 1.85 bits per heavy atom. The van der Waals surface area contributed by atoms with Gasteiger partial charge in [-0.3, -0.25) is 9.59 Å². The first kappa shape index (κ1) is 14.6. The molecule has 0 saturated heterocycles. The van der Waals surface area contributed by atoms with E-state index in [4.69, 9.17) is 5.11 Å². The van der Waals surface area contributed by atoms with Gasteiger partial charge in [0.2, 0.25) is 5.91 Å². The molecule has 108 valence electrons. The largest absolute Gasteiger partial charge is 0.481 e. The summed E-state index contributed by atoms with van der Waals surface area (Å²) in [6.07, 6.45) is 1.97. The van der Waals surface area contributed by atoms with Crippen molar-refractivity contribution < 1.29 is 14.7 Å². The van der Waals surface area contributed by atoms with Crippen molar-refractivity contribution in [3.8, 4) is 0 Å². The molecule has 1 aliphatic carbocycles. The molecular formula is C16H21NO3. The van der Waals surface area contributed by atoms with Crippen molar-refractivity contribution in [3.63, 3.8) is 0 Å². The van der Waals surface area contributed by atoms with E-state index in [2.05, 4.69) is 0 Å². The molecule has 1 N–H and O–H groups in total. The van der Waals surface area contributed by atoms with Gasteiger partial charge in [-0.05, 0) is 25.3 Å². The Morgan fingerprint density at radius 3 is 2.35 bits per heavy atom. The number of rotatable bonds is 6. The Bertz CT molecular complexity index is 482. The summed E-state index contributed by atoms with van der Waals surface area (Å²) in [6.45, 7) is 3.84. The summed E-state index contributed by atoms with van der Waals surface area (Å²) in [5.41, 5.74) is 0.978. The van der Waals surface area contributed by atoms with E-state index in [-0.39, 0.29) is 17.9 Å². The summed E-state index contributed by atoms with van der Waals surface area (Å²) in [7, 11) is 0. The van der Waals surface area contributed by atoms with Crippen LogP contribution >= 0.6 is 0 Å². The Morgan fingerprint density at radius 1 is 1.25 bits per heavy atom. The van der Waals surface area contributed by atoms with Crippen LogP contribution in [0, 0.1) is 5.92 Å². The standard InChI is InChI=1S/C16H21NO3/c1-11(16(19)20)10-17(14-8-9-14)15(18)12(2)13-6-4-3-5-7-13/h3-7,11-12,14H,8-10H2,1-2H3,(H,19,20)/t11?,12-/m0/s1. The first-order valence-corrected chi connectivity index (χ1v) is 7.09. The number of nitrogens with zero attached hydrogens (tertiary/aromatic N) is 1. The van der Waals surface area contributed by atoms with Gasteiger partial charge in [0.05, 0.1) is 11.8 Å². The van der Waals surface area contributed by atoms with Crippen LogP contribution in [0.25, 0.3) is 0 Å². The van der Waals surface area contributed by atoms with Gasteiger partial charge >= 0.3 is 5.97 Å². The van der Waals surface area contributed by atoms with Gasteiger partial charge in [-0.2, -0.15) is 0 Å². The lowest BCUT2D eigenvalue weighted by atomic mass is 9.99. The first-order valence-electron chi connectivity index (χ1n) is 7.09. The van der Waals surface area contributed by atoms with Crippen LogP contribution in [-0.2, 0) is 9.59 Å². The maximum atomic E-state index is 12.6. The zero-order valence-electron chi connectivity index (χ0n) is 12.0. The minimum absolute atomic E-state index is 0.0341. The number of carboxylic acid groups (broad SMARTS) is 1. The molecule has 0 heterocycles. The van der Waals surface area contributed by atoms with E-state index in [1.54, 1.807) is 11.8 Å². The number of hydrogen-bond acceptors (Lipinski definition) is 2. The summed E-state index contributed by atoms with van der Waals surface area (Å²) in [5, 5.41) is 9.03. The molecule has 1 saturated carbocycles. The van der Waals surface area contributed by atoms with Gasteiger partial charge < -0.3 is 10.0 Å². The van der Waals surface area contributed by atoms with Gasteiger partial charge in [0.1, 0.15) is 0 Å². The lowest BCUT2D eigenvalue weighted by Crippen LogP contribution is -2.40. The zero-order chi connectivity index (χ0) is 14.7. The third-order valence-electron chi connectivity index (χ3n) is 3.83. The van der Waals surface area contributed by atoms with Crippen LogP contribution in [0.4, 0.5) is 0 Å². The Labute approximate surface area is 119 Å². The predicted molar refractivity (Wildman–Crippen MR) is 76.4 cm³/mol. The highest BCUT2D eigenvalue weighted by Gasteiger charge is 2.36. The summed E-state index contributed by atoms with van der Waals surface area (Å²) in [4.78, 5) is 25.4. The quantitative estimate of drug-likeness (QED) is 0.867. The molecular weight excluding hydrogens is 254 g/mol. The van der Waals surface area contributed by atoms with E-state index in [1.165, 1.54) is 0 Å². The van der Waals surface area contributed by atoms with Crippen LogP contribution in [0.5, 0.6) is 0 Å². The lowest BCUT2D eigenvalue weighted by molar-refractivity contribution is -0.143. The van der Waals surface area contributed by atoms with Crippen molar-refractivity contribution in [2.45, 2.75) is 38.6 Å². The van der Waals surface area contributed by atoms with Crippen molar-refractivity contribution in [1.82, 2.24) is 4.90 Å². The number of carboxylic acids is 1. The molecule has 1 aromatic rings. The van der Waals surface area contributed by atoms with Crippen molar-refractivity contribution in [2.75, 3.05) is 6.54 Å². The molecule has 1 aromatic carbocycles. The second-order valence-electron chi connectivity index (χ2n) is 5.59. The lowest BCUT2D eigenvalue weighted by Gasteiger charge is -2.27. The molecule has 2 atom stereocenters. The zero-order valence-corrected chi connectivity index (χ0v) is 12.0. The minimum Gasteiger partial charge on any atom is -0.481 e. The second kappa shape index (κ2) is 6.07. The second-order valence-corrected chi connectivity index (χ2v) is 5.59. The molecule has 4 nitrogen and oxygen atoms in total. The van der Waals surface area contributed by atoms with Gasteiger partial charge in [0.15, 0.2) is 0 Å². The Hall–Kier alpha value is -1.84. The third-order valence-corrected chi connectivity index (χ3v) is 3.83. The van der Waals surface area contributed by atoms with E-state index in [0.717, 1.165) is 18.4 Å². The molecule has 0 bridgehead atoms. The fourth-order valence-electron chi connectivity index (χ4n) is 2.31. The van der Waals surface area contributed by atoms with Gasteiger partial charge in [-0.15, -0.1) is 0 Å². The highest BCUT2D eigenvalue weighted by atomic mass is 16.4. The highest BCUT2D eigenvalue weighted by Crippen LogP contribution is 2.31. The molecule has 1 aliphatic rings. The summed E-state index contributed by atoms with van der Waals surface area (Å²) in [5.74, 6) is -1.57. The van der Waals surface area contributed by atoms with Crippen LogP contribution in [0.3, 0.4) is 0 Å². The normalized spacial score (nSPS) is 17.3. The number of amides is 1. The van der Waals surface area contributed by atoms with E-state index < -0.39 is 11.9 Å². The van der Waals surface area contributed by atoms with Crippen LogP contribution in [0.15, 0.2) is 30.3 Å². The van der Waals surface area contributed by atoms with E-state index in [1.807, 2.05) is 37.3 Å². The van der Waals surface area contributed by atoms with Gasteiger partial charge in [0.25, 0.3) is 0 Å². The number of aliphatic carboxylic acids is 1. The van der Waals surface area contributed by atoms with Gasteiger partial charge in [-0.1, -0.05) is 37.3 Å². The van der Waals surface area contributed by atoms with Crippen LogP contribution in [-0.4, -0.2) is 34.5 Å². The first-order chi connectivity index (χ1) is 9.50. The minimum atomic E-state index is -0.851. The molecule has 0 spiro atoms. The molecule has 2 rings (SSSR count). The number of carbonyl (C=O) groups is 2. The third kappa shape index (κ3) is 3.38. The number of carbonyl (C=O) groups excluding carboxylic acids is 1. The monoisotopic (exact) mass is 275 g/mol. The average Bonchev–Trinajstić information content (AvgIpc) is 3.28. The smallest absolute Gasteiger partial charge is 0.308 e. The van der Waals surface area contributed by atoms with Gasteiger partial charge in [0, 0.05) is 12.6 Å². The summed E-state index contributed by atoms with van der Waals surface area (Å²) in [6, 6.07) is 9.87. The van der Waals surface area contributed by atoms with Crippen LogP contribution in [0.1, 0.15) is 38.2 Å². The Kier molecular flexibility index (Phi) is 4.42. The van der Waals surface area contributed by atoms with E-state index in [9.17, 15) is 9.59 Å². The highest BCUT2D eigenvalue weighted by molar-refractivity contribution is 5.84. The fourth-order valence-corrected chi connectivity index (χ4v) is 2.31. The van der Waals surface area contributed by atoms with E-state index in [0.29, 0.717) is 6.54 Å². The molecule has 1 amide bonds. The molecule has 1 unspecified atom stereocenters. The topological polar surface area (TPSA) is 57.6 Å².